The van der Waals surface area contributed by atoms with E-state index in [1.54, 1.807) is 12.4 Å². The second kappa shape index (κ2) is 3.20. The van der Waals surface area contributed by atoms with E-state index in [2.05, 4.69) is 26.2 Å². The van der Waals surface area contributed by atoms with Crippen molar-refractivity contribution in [3.63, 3.8) is 0 Å². The fourth-order valence-corrected chi connectivity index (χ4v) is 2.15. The molecule has 0 spiro atoms. The van der Waals surface area contributed by atoms with Crippen molar-refractivity contribution in [1.29, 1.82) is 0 Å². The minimum Gasteiger partial charge on any atom is -0.477 e. The number of aromatic nitrogens is 1. The van der Waals surface area contributed by atoms with Crippen molar-refractivity contribution in [1.82, 2.24) is 4.98 Å². The molecule has 4 nitrogen and oxygen atoms in total. The molecule has 1 aromatic rings. The van der Waals surface area contributed by atoms with E-state index in [0.29, 0.717) is 17.4 Å². The molecule has 0 radical (unpaired) electrons. The van der Waals surface area contributed by atoms with Crippen molar-refractivity contribution in [2.45, 2.75) is 18.9 Å². The minimum absolute atomic E-state index is 0.0510. The van der Waals surface area contributed by atoms with Gasteiger partial charge in [0, 0.05) is 12.1 Å². The smallest absolute Gasteiger partial charge is 0.265 e. The molecule has 1 unspecified atom stereocenters. The van der Waals surface area contributed by atoms with E-state index in [1.165, 1.54) is 0 Å². The Morgan fingerprint density at radius 3 is 3.00 bits per heavy atom. The molecule has 1 N–H and O–H groups in total. The van der Waals surface area contributed by atoms with Gasteiger partial charge in [-0.15, -0.1) is 0 Å². The van der Waals surface area contributed by atoms with Gasteiger partial charge in [-0.2, -0.15) is 0 Å². The number of fused-ring (bicyclic) bond motifs is 1. The first-order valence-corrected chi connectivity index (χ1v) is 5.66. The Balaban J connectivity index is 1.99. The van der Waals surface area contributed by atoms with Gasteiger partial charge in [-0.3, -0.25) is 9.78 Å². The van der Waals surface area contributed by atoms with Crippen molar-refractivity contribution in [3.8, 4) is 5.75 Å². The van der Waals surface area contributed by atoms with Crippen molar-refractivity contribution in [3.05, 3.63) is 16.9 Å². The minimum atomic E-state index is -0.323. The number of nitrogens with one attached hydrogen (secondary N) is 1. The van der Waals surface area contributed by atoms with Gasteiger partial charge >= 0.3 is 0 Å². The number of halogens is 1. The fraction of sp³-hybridized carbons (Fsp3) is 0.400. The SMILES string of the molecule is O=C1Nc2cncc(Br)c2OC1C1CC1. The summed E-state index contributed by atoms with van der Waals surface area (Å²) in [6.07, 6.45) is 5.10. The number of nitrogens with zero attached hydrogens (tertiary/aromatic N) is 1. The Morgan fingerprint density at radius 2 is 2.27 bits per heavy atom. The Labute approximate surface area is 95.2 Å². The van der Waals surface area contributed by atoms with Crippen LogP contribution in [-0.4, -0.2) is 17.0 Å². The van der Waals surface area contributed by atoms with Crippen LogP contribution >= 0.6 is 15.9 Å². The summed E-state index contributed by atoms with van der Waals surface area (Å²) in [5.74, 6) is 1.03. The van der Waals surface area contributed by atoms with Crippen LogP contribution in [0.4, 0.5) is 5.69 Å². The summed E-state index contributed by atoms with van der Waals surface area (Å²) in [7, 11) is 0. The molecule has 78 valence electrons. The van der Waals surface area contributed by atoms with Crippen LogP contribution in [0.5, 0.6) is 5.75 Å². The maximum absolute atomic E-state index is 11.7. The molecule has 0 aromatic carbocycles. The van der Waals surface area contributed by atoms with Crippen LogP contribution in [0.15, 0.2) is 16.9 Å². The molecule has 15 heavy (non-hydrogen) atoms. The van der Waals surface area contributed by atoms with Gasteiger partial charge in [-0.05, 0) is 28.8 Å². The lowest BCUT2D eigenvalue weighted by Gasteiger charge is -2.26. The molecular weight excluding hydrogens is 260 g/mol. The number of carbonyl (C=O) groups excluding carboxylic acids is 1. The number of amides is 1. The van der Waals surface area contributed by atoms with Crippen LogP contribution < -0.4 is 10.1 Å². The zero-order chi connectivity index (χ0) is 10.4. The van der Waals surface area contributed by atoms with Gasteiger partial charge in [-0.1, -0.05) is 0 Å². The van der Waals surface area contributed by atoms with E-state index in [0.717, 1.165) is 17.3 Å². The van der Waals surface area contributed by atoms with Crippen LogP contribution in [0.2, 0.25) is 0 Å². The fourth-order valence-electron chi connectivity index (χ4n) is 1.73. The van der Waals surface area contributed by atoms with Crippen LogP contribution in [0.1, 0.15) is 12.8 Å². The second-order valence-electron chi connectivity index (χ2n) is 3.86. The number of pyridine rings is 1. The Bertz CT molecular complexity index is 431. The van der Waals surface area contributed by atoms with Crippen molar-refractivity contribution < 1.29 is 9.53 Å². The van der Waals surface area contributed by atoms with Crippen LogP contribution in [0.3, 0.4) is 0 Å². The molecule has 1 fully saturated rings. The second-order valence-corrected chi connectivity index (χ2v) is 4.72. The Hall–Kier alpha value is -1.10. The van der Waals surface area contributed by atoms with Gasteiger partial charge in [0.2, 0.25) is 0 Å². The molecule has 1 aliphatic heterocycles. The van der Waals surface area contributed by atoms with E-state index in [9.17, 15) is 4.79 Å². The zero-order valence-electron chi connectivity index (χ0n) is 7.87. The van der Waals surface area contributed by atoms with Gasteiger partial charge in [0.1, 0.15) is 5.69 Å². The summed E-state index contributed by atoms with van der Waals surface area (Å²) in [5.41, 5.74) is 0.645. The normalized spacial score (nSPS) is 24.1. The zero-order valence-corrected chi connectivity index (χ0v) is 9.45. The van der Waals surface area contributed by atoms with Crippen molar-refractivity contribution in [2.24, 2.45) is 5.92 Å². The quantitative estimate of drug-likeness (QED) is 0.847. The third kappa shape index (κ3) is 1.51. The molecule has 1 amide bonds. The van der Waals surface area contributed by atoms with E-state index < -0.39 is 0 Å². The molecule has 1 atom stereocenters. The average Bonchev–Trinajstić information content (AvgIpc) is 3.01. The highest BCUT2D eigenvalue weighted by atomic mass is 79.9. The van der Waals surface area contributed by atoms with E-state index >= 15 is 0 Å². The van der Waals surface area contributed by atoms with E-state index in [-0.39, 0.29) is 12.0 Å². The summed E-state index contributed by atoms with van der Waals surface area (Å²) in [5, 5.41) is 2.82. The summed E-state index contributed by atoms with van der Waals surface area (Å²) in [6, 6.07) is 0. The van der Waals surface area contributed by atoms with E-state index in [4.69, 9.17) is 4.74 Å². The molecule has 2 aliphatic rings. The highest BCUT2D eigenvalue weighted by Crippen LogP contribution is 2.42. The molecule has 2 heterocycles. The summed E-state index contributed by atoms with van der Waals surface area (Å²) < 4.78 is 6.48. The highest BCUT2D eigenvalue weighted by Gasteiger charge is 2.41. The first-order valence-electron chi connectivity index (χ1n) is 4.87. The Morgan fingerprint density at radius 1 is 1.47 bits per heavy atom. The summed E-state index contributed by atoms with van der Waals surface area (Å²) >= 11 is 3.36. The molecule has 1 saturated carbocycles. The summed E-state index contributed by atoms with van der Waals surface area (Å²) in [4.78, 5) is 15.6. The largest absolute Gasteiger partial charge is 0.477 e. The molecule has 1 aliphatic carbocycles. The summed E-state index contributed by atoms with van der Waals surface area (Å²) in [6.45, 7) is 0. The van der Waals surface area contributed by atoms with Crippen LogP contribution in [0.25, 0.3) is 0 Å². The molecule has 5 heteroatoms. The third-order valence-corrected chi connectivity index (χ3v) is 3.23. The maximum Gasteiger partial charge on any atom is 0.265 e. The van der Waals surface area contributed by atoms with Crippen LogP contribution in [-0.2, 0) is 4.79 Å². The van der Waals surface area contributed by atoms with Gasteiger partial charge in [0.15, 0.2) is 11.9 Å². The number of hydrogen-bond donors (Lipinski definition) is 1. The predicted molar refractivity (Wildman–Crippen MR) is 57.7 cm³/mol. The van der Waals surface area contributed by atoms with Gasteiger partial charge in [-0.25, -0.2) is 0 Å². The first kappa shape index (κ1) is 9.15. The molecule has 0 saturated heterocycles. The monoisotopic (exact) mass is 268 g/mol. The lowest BCUT2D eigenvalue weighted by Crippen LogP contribution is -2.38. The van der Waals surface area contributed by atoms with Crippen molar-refractivity contribution >= 4 is 27.5 Å². The molecular formula is C10H9BrN2O2. The van der Waals surface area contributed by atoms with E-state index in [1.807, 2.05) is 0 Å². The number of anilines is 1. The van der Waals surface area contributed by atoms with Crippen LogP contribution in [0, 0.1) is 5.92 Å². The third-order valence-electron chi connectivity index (χ3n) is 2.66. The van der Waals surface area contributed by atoms with Gasteiger partial charge in [0.05, 0.1) is 10.7 Å². The lowest BCUT2D eigenvalue weighted by atomic mass is 10.2. The highest BCUT2D eigenvalue weighted by molar-refractivity contribution is 9.10. The molecule has 3 rings (SSSR count). The van der Waals surface area contributed by atoms with Gasteiger partial charge in [0.25, 0.3) is 5.91 Å². The topological polar surface area (TPSA) is 51.2 Å². The number of rotatable bonds is 1. The van der Waals surface area contributed by atoms with Gasteiger partial charge < -0.3 is 10.1 Å². The standard InChI is InChI=1S/C10H9BrN2O2/c11-6-3-12-4-7-9(6)15-8(5-1-2-5)10(14)13-7/h3-5,8H,1-2H2,(H,13,14). The van der Waals surface area contributed by atoms with Crippen molar-refractivity contribution in [2.75, 3.05) is 5.32 Å². The first-order chi connectivity index (χ1) is 7.25. The molecule has 1 aromatic heterocycles. The Kier molecular flexibility index (Phi) is 1.95. The maximum atomic E-state index is 11.7. The lowest BCUT2D eigenvalue weighted by molar-refractivity contribution is -0.124. The average molecular weight is 269 g/mol. The predicted octanol–water partition coefficient (Wildman–Crippen LogP) is 1.95. The number of ether oxygens (including phenoxy) is 1. The number of hydrogen-bond acceptors (Lipinski definition) is 3. The number of carbonyl (C=O) groups is 1. The molecule has 0 bridgehead atoms.